The molecule has 6 rings (SSSR count). The minimum absolute atomic E-state index is 0.0302. The molecule has 1 fully saturated rings. The molecule has 39 heavy (non-hydrogen) atoms. The molecule has 202 valence electrons. The van der Waals surface area contributed by atoms with Gasteiger partial charge in [0, 0.05) is 31.9 Å². The van der Waals surface area contributed by atoms with Crippen LogP contribution < -0.4 is 26.1 Å². The highest BCUT2D eigenvalue weighted by Gasteiger charge is 2.32. The van der Waals surface area contributed by atoms with Gasteiger partial charge >= 0.3 is 0 Å². The van der Waals surface area contributed by atoms with Crippen LogP contribution in [0.1, 0.15) is 29.6 Å². The van der Waals surface area contributed by atoms with Crippen molar-refractivity contribution in [1.82, 2.24) is 14.8 Å². The van der Waals surface area contributed by atoms with E-state index in [0.717, 1.165) is 36.6 Å². The highest BCUT2D eigenvalue weighted by Crippen LogP contribution is 2.48. The summed E-state index contributed by atoms with van der Waals surface area (Å²) in [7, 11) is 4.00. The molecule has 8 nitrogen and oxygen atoms in total. The second-order valence-electron chi connectivity index (χ2n) is 10.7. The Morgan fingerprint density at radius 3 is 2.67 bits per heavy atom. The summed E-state index contributed by atoms with van der Waals surface area (Å²) >= 11 is 0. The summed E-state index contributed by atoms with van der Waals surface area (Å²) in [5, 5.41) is 4.93. The fourth-order valence-corrected chi connectivity index (χ4v) is 5.59. The van der Waals surface area contributed by atoms with E-state index in [0.29, 0.717) is 42.3 Å². The maximum atomic E-state index is 15.8. The molecule has 1 amide bonds. The number of nitrogens with zero attached hydrogens (tertiary/aromatic N) is 3. The van der Waals surface area contributed by atoms with Crippen molar-refractivity contribution in [2.45, 2.75) is 25.3 Å². The molecule has 1 saturated heterocycles. The van der Waals surface area contributed by atoms with Gasteiger partial charge in [-0.2, -0.15) is 0 Å². The highest BCUT2D eigenvalue weighted by atomic mass is 19.1. The Morgan fingerprint density at radius 2 is 1.95 bits per heavy atom. The third-order valence-corrected chi connectivity index (χ3v) is 7.57. The number of fused-ring (bicyclic) bond motifs is 3. The number of nitrogens with two attached hydrogens (primary N) is 1. The molecule has 2 aliphatic rings. The van der Waals surface area contributed by atoms with Gasteiger partial charge in [0.2, 0.25) is 5.43 Å². The van der Waals surface area contributed by atoms with Gasteiger partial charge in [0.15, 0.2) is 17.3 Å². The van der Waals surface area contributed by atoms with Crippen molar-refractivity contribution >= 4 is 33.3 Å². The van der Waals surface area contributed by atoms with E-state index in [-0.39, 0.29) is 22.7 Å². The molecule has 0 radical (unpaired) electrons. The quantitative estimate of drug-likeness (QED) is 0.310. The van der Waals surface area contributed by atoms with Crippen LogP contribution in [0.5, 0.6) is 11.5 Å². The number of carbonyl (C=O) groups excluding carboxylic acids is 1. The number of carbonyl (C=O) groups is 1. The van der Waals surface area contributed by atoms with Crippen LogP contribution in [0.2, 0.25) is 0 Å². The van der Waals surface area contributed by atoms with Crippen LogP contribution in [-0.4, -0.2) is 61.7 Å². The number of hydrogen-bond acceptors (Lipinski definition) is 6. The number of benzene rings is 3. The predicted molar refractivity (Wildman–Crippen MR) is 152 cm³/mol. The van der Waals surface area contributed by atoms with Gasteiger partial charge in [-0.15, -0.1) is 0 Å². The summed E-state index contributed by atoms with van der Waals surface area (Å²) in [6, 6.07) is 12.9. The van der Waals surface area contributed by atoms with Crippen LogP contribution in [0.3, 0.4) is 0 Å². The Kier molecular flexibility index (Phi) is 6.48. The van der Waals surface area contributed by atoms with Crippen molar-refractivity contribution in [2.24, 2.45) is 5.73 Å². The Labute approximate surface area is 225 Å². The number of nitrogens with one attached hydrogen (secondary N) is 1. The van der Waals surface area contributed by atoms with Gasteiger partial charge in [0.25, 0.3) is 5.91 Å². The number of aromatic nitrogens is 1. The lowest BCUT2D eigenvalue weighted by Gasteiger charge is -2.29. The molecular weight excluding hydrogens is 497 g/mol. The van der Waals surface area contributed by atoms with Crippen molar-refractivity contribution in [3.8, 4) is 17.2 Å². The summed E-state index contributed by atoms with van der Waals surface area (Å²) in [5.74, 6) is -0.243. The van der Waals surface area contributed by atoms with Gasteiger partial charge in [-0.05, 0) is 68.9 Å². The SMILES string of the molecule is CN(C)CCCCNC(=O)c1cn2c3c(c(N4CC[C@H](N)C4)c(F)cc3c1=O)Oc1cc3ccccc3cc1-2. The Hall–Kier alpha value is -3.95. The summed E-state index contributed by atoms with van der Waals surface area (Å²) in [6.07, 6.45) is 4.01. The first kappa shape index (κ1) is 25.3. The van der Waals surface area contributed by atoms with E-state index < -0.39 is 17.2 Å². The van der Waals surface area contributed by atoms with E-state index in [4.69, 9.17) is 10.5 Å². The van der Waals surface area contributed by atoms with Gasteiger partial charge in [0.05, 0.1) is 11.1 Å². The van der Waals surface area contributed by atoms with Gasteiger partial charge in [0.1, 0.15) is 16.8 Å². The number of rotatable bonds is 7. The molecule has 0 spiro atoms. The number of unbranched alkanes of at least 4 members (excludes halogenated alkanes) is 1. The van der Waals surface area contributed by atoms with Gasteiger partial charge < -0.3 is 30.2 Å². The van der Waals surface area contributed by atoms with Crippen LogP contribution in [0, 0.1) is 5.82 Å². The monoisotopic (exact) mass is 529 g/mol. The highest BCUT2D eigenvalue weighted by molar-refractivity contribution is 6.02. The Bertz CT molecular complexity index is 1660. The topological polar surface area (TPSA) is 92.8 Å². The van der Waals surface area contributed by atoms with Crippen LogP contribution in [0.15, 0.2) is 53.5 Å². The molecule has 0 aliphatic carbocycles. The molecule has 1 atom stereocenters. The molecule has 0 unspecified atom stereocenters. The smallest absolute Gasteiger partial charge is 0.256 e. The minimum Gasteiger partial charge on any atom is -0.451 e. The van der Waals surface area contributed by atoms with Crippen LogP contribution >= 0.6 is 0 Å². The predicted octanol–water partition coefficient (Wildman–Crippen LogP) is 4.00. The second kappa shape index (κ2) is 9.98. The Morgan fingerprint density at radius 1 is 1.18 bits per heavy atom. The van der Waals surface area contributed by atoms with Crippen LogP contribution in [-0.2, 0) is 0 Å². The molecular formula is C30H32FN5O3. The summed E-state index contributed by atoms with van der Waals surface area (Å²) in [4.78, 5) is 30.8. The summed E-state index contributed by atoms with van der Waals surface area (Å²) < 4.78 is 24.0. The fourth-order valence-electron chi connectivity index (χ4n) is 5.59. The van der Waals surface area contributed by atoms with E-state index in [1.165, 1.54) is 6.07 Å². The largest absolute Gasteiger partial charge is 0.451 e. The molecule has 1 aromatic heterocycles. The van der Waals surface area contributed by atoms with E-state index in [2.05, 4.69) is 10.2 Å². The minimum atomic E-state index is -0.569. The Balaban J connectivity index is 1.51. The first-order valence-electron chi connectivity index (χ1n) is 13.4. The number of anilines is 1. The van der Waals surface area contributed by atoms with E-state index in [1.807, 2.05) is 55.4 Å². The van der Waals surface area contributed by atoms with E-state index >= 15 is 4.39 Å². The number of pyridine rings is 1. The molecule has 0 saturated carbocycles. The molecule has 3 heterocycles. The number of halogens is 1. The van der Waals surface area contributed by atoms with Gasteiger partial charge in [-0.3, -0.25) is 9.59 Å². The zero-order valence-electron chi connectivity index (χ0n) is 22.2. The van der Waals surface area contributed by atoms with Crippen LogP contribution in [0.4, 0.5) is 10.1 Å². The lowest BCUT2D eigenvalue weighted by Crippen LogP contribution is -2.32. The maximum Gasteiger partial charge on any atom is 0.256 e. The third-order valence-electron chi connectivity index (χ3n) is 7.57. The van der Waals surface area contributed by atoms with Crippen molar-refractivity contribution in [3.05, 3.63) is 70.3 Å². The lowest BCUT2D eigenvalue weighted by atomic mass is 10.0. The zero-order valence-corrected chi connectivity index (χ0v) is 22.2. The normalized spacial score (nSPS) is 16.1. The van der Waals surface area contributed by atoms with E-state index in [1.54, 1.807) is 10.8 Å². The van der Waals surface area contributed by atoms with Crippen molar-refractivity contribution in [3.63, 3.8) is 0 Å². The van der Waals surface area contributed by atoms with Crippen LogP contribution in [0.25, 0.3) is 27.4 Å². The van der Waals surface area contributed by atoms with Gasteiger partial charge in [-0.25, -0.2) is 4.39 Å². The standard InChI is InChI=1S/C30H32FN5O3/c1-34(2)11-6-5-10-33-30(38)22-17-36-24-13-18-7-3-4-8-19(18)14-25(24)39-29-26(36)21(28(22)37)15-23(31)27(29)35-12-9-20(32)16-35/h3-4,7-8,13-15,17,20H,5-6,9-12,16,32H2,1-2H3,(H,33,38)/t20-/m0/s1. The second-order valence-corrected chi connectivity index (χ2v) is 10.7. The average Bonchev–Trinajstić information content (AvgIpc) is 3.33. The maximum absolute atomic E-state index is 15.8. The number of ether oxygens (including phenoxy) is 1. The molecule has 3 N–H and O–H groups in total. The fraction of sp³-hybridized carbons (Fsp3) is 0.333. The lowest BCUT2D eigenvalue weighted by molar-refractivity contribution is 0.0951. The van der Waals surface area contributed by atoms with E-state index in [9.17, 15) is 9.59 Å². The van der Waals surface area contributed by atoms with Crippen molar-refractivity contribution in [2.75, 3.05) is 45.2 Å². The third kappa shape index (κ3) is 4.51. The summed E-state index contributed by atoms with van der Waals surface area (Å²) in [5.41, 5.74) is 7.01. The molecule has 9 heteroatoms. The number of hydrogen-bond donors (Lipinski definition) is 2. The number of amides is 1. The molecule has 0 bridgehead atoms. The van der Waals surface area contributed by atoms with Crippen molar-refractivity contribution in [1.29, 1.82) is 0 Å². The summed E-state index contributed by atoms with van der Waals surface area (Å²) in [6.45, 7) is 2.43. The average molecular weight is 530 g/mol. The van der Waals surface area contributed by atoms with Crippen molar-refractivity contribution < 1.29 is 13.9 Å². The molecule has 2 aliphatic heterocycles. The first-order valence-corrected chi connectivity index (χ1v) is 13.4. The first-order chi connectivity index (χ1) is 18.8. The zero-order chi connectivity index (χ0) is 27.3. The van der Waals surface area contributed by atoms with Gasteiger partial charge in [-0.1, -0.05) is 24.3 Å². The molecule has 3 aromatic carbocycles. The molecule has 4 aromatic rings.